The van der Waals surface area contributed by atoms with Crippen molar-refractivity contribution in [3.63, 3.8) is 0 Å². The number of hydrogen-bond donors (Lipinski definition) is 0. The highest BCUT2D eigenvalue weighted by Gasteiger charge is 2.22. The quantitative estimate of drug-likeness (QED) is 0.113. The lowest BCUT2D eigenvalue weighted by molar-refractivity contribution is 0.0595. The maximum atomic E-state index is 13.9. The number of nitrogens with zero attached hydrogens (tertiary/aromatic N) is 4. The second-order valence-electron chi connectivity index (χ2n) is 11.2. The van der Waals surface area contributed by atoms with Crippen molar-refractivity contribution in [2.45, 2.75) is 45.9 Å². The Bertz CT molecular complexity index is 1580. The average Bonchev–Trinajstić information content (AvgIpc) is 3.38. The Balaban J connectivity index is 1.62. The summed E-state index contributed by atoms with van der Waals surface area (Å²) in [5.41, 5.74) is 3.26. The van der Waals surface area contributed by atoms with Crippen molar-refractivity contribution in [1.82, 2.24) is 19.7 Å². The Morgan fingerprint density at radius 3 is 2.57 bits per heavy atom. The smallest absolute Gasteiger partial charge is 0.357 e. The minimum atomic E-state index is -1.27. The first-order valence-corrected chi connectivity index (χ1v) is 17.5. The fraction of sp³-hybridized carbons (Fsp3) is 0.355. The third-order valence-corrected chi connectivity index (χ3v) is 8.46. The van der Waals surface area contributed by atoms with Crippen molar-refractivity contribution in [2.75, 3.05) is 27.4 Å². The number of ether oxygens (including phenoxy) is 3. The van der Waals surface area contributed by atoms with Crippen LogP contribution >= 0.6 is 0 Å². The van der Waals surface area contributed by atoms with E-state index in [-0.39, 0.29) is 30.7 Å². The second kappa shape index (κ2) is 13.3. The van der Waals surface area contributed by atoms with Crippen molar-refractivity contribution >= 4 is 30.9 Å². The van der Waals surface area contributed by atoms with Gasteiger partial charge in [-0.1, -0.05) is 31.8 Å². The summed E-state index contributed by atoms with van der Waals surface area (Å²) in [4.78, 5) is 31.9. The third kappa shape index (κ3) is 7.21. The first-order valence-electron chi connectivity index (χ1n) is 13.8. The number of pyridine rings is 1. The van der Waals surface area contributed by atoms with Gasteiger partial charge in [-0.25, -0.2) is 18.9 Å². The minimum absolute atomic E-state index is 0.146. The Hall–Kier alpha value is -4.09. The highest BCUT2D eigenvalue weighted by atomic mass is 28.3. The van der Waals surface area contributed by atoms with E-state index in [0.29, 0.717) is 52.1 Å². The summed E-state index contributed by atoms with van der Waals surface area (Å²) in [6, 6.07) is 12.4. The van der Waals surface area contributed by atoms with Crippen LogP contribution < -0.4 is 4.74 Å². The molecule has 11 heteroatoms. The second-order valence-corrected chi connectivity index (χ2v) is 16.8. The maximum Gasteiger partial charge on any atom is 0.357 e. The largest absolute Gasteiger partial charge is 0.493 e. The van der Waals surface area contributed by atoms with E-state index in [1.807, 2.05) is 6.92 Å². The van der Waals surface area contributed by atoms with E-state index in [2.05, 4.69) is 29.7 Å². The predicted molar refractivity (Wildman–Crippen MR) is 162 cm³/mol. The van der Waals surface area contributed by atoms with Crippen LogP contribution in [0.25, 0.3) is 22.0 Å². The highest BCUT2D eigenvalue weighted by Crippen LogP contribution is 2.32. The molecule has 1 amide bonds. The molecule has 0 atom stereocenters. The van der Waals surface area contributed by atoms with E-state index in [1.54, 1.807) is 59.4 Å². The number of rotatable bonds is 12. The number of fused-ring (bicyclic) bond motifs is 1. The number of halogens is 1. The molecular weight excluding hydrogens is 555 g/mol. The van der Waals surface area contributed by atoms with Gasteiger partial charge in [0.2, 0.25) is 0 Å². The van der Waals surface area contributed by atoms with Gasteiger partial charge in [0.15, 0.2) is 5.69 Å². The summed E-state index contributed by atoms with van der Waals surface area (Å²) < 4.78 is 32.3. The number of hydrogen-bond acceptors (Lipinski definition) is 7. The molecule has 0 aliphatic heterocycles. The molecule has 2 aromatic carbocycles. The predicted octanol–water partition coefficient (Wildman–Crippen LogP) is 6.01. The molecule has 4 aromatic rings. The van der Waals surface area contributed by atoms with Crippen LogP contribution in [0.5, 0.6) is 5.75 Å². The van der Waals surface area contributed by atoms with E-state index in [9.17, 15) is 14.0 Å². The molecule has 2 aromatic heterocycles. The standard InChI is InChI=1S/C31H37FN4O5Si/c1-7-41-27-16-22(11-12-25(27)21-9-8-10-24(32)15-21)30(37)35(2)19-23-17-33-28(31(38)39-3)26-18-34-36(29(23)26)20-40-13-14-42(4,5)6/h8-12,15-18H,7,13-14,19-20H2,1-6H3. The highest BCUT2D eigenvalue weighted by molar-refractivity contribution is 6.76. The molecule has 222 valence electrons. The van der Waals surface area contributed by atoms with Gasteiger partial charge in [0, 0.05) is 51.2 Å². The van der Waals surface area contributed by atoms with Crippen LogP contribution in [-0.4, -0.2) is 67.0 Å². The van der Waals surface area contributed by atoms with Gasteiger partial charge in [-0.3, -0.25) is 4.79 Å². The van der Waals surface area contributed by atoms with Crippen LogP contribution in [0.3, 0.4) is 0 Å². The van der Waals surface area contributed by atoms with Crippen LogP contribution in [0.15, 0.2) is 54.9 Å². The topological polar surface area (TPSA) is 95.8 Å². The Labute approximate surface area is 246 Å². The molecule has 9 nitrogen and oxygen atoms in total. The van der Waals surface area contributed by atoms with Gasteiger partial charge >= 0.3 is 5.97 Å². The molecule has 0 N–H and O–H groups in total. The number of aromatic nitrogens is 3. The van der Waals surface area contributed by atoms with Gasteiger partial charge in [-0.2, -0.15) is 5.10 Å². The molecule has 0 unspecified atom stereocenters. The van der Waals surface area contributed by atoms with E-state index >= 15 is 0 Å². The van der Waals surface area contributed by atoms with Crippen LogP contribution in [-0.2, 0) is 22.7 Å². The molecule has 0 spiro atoms. The lowest BCUT2D eigenvalue weighted by Crippen LogP contribution is -2.27. The molecule has 0 fully saturated rings. The average molecular weight is 593 g/mol. The maximum absolute atomic E-state index is 13.9. The first-order chi connectivity index (χ1) is 20.0. The van der Waals surface area contributed by atoms with Crippen molar-refractivity contribution < 1.29 is 28.2 Å². The van der Waals surface area contributed by atoms with Gasteiger partial charge in [0.1, 0.15) is 18.3 Å². The lowest BCUT2D eigenvalue weighted by Gasteiger charge is -2.20. The van der Waals surface area contributed by atoms with Gasteiger partial charge < -0.3 is 19.1 Å². The molecule has 42 heavy (non-hydrogen) atoms. The molecule has 2 heterocycles. The van der Waals surface area contributed by atoms with Crippen LogP contribution in [0.4, 0.5) is 4.39 Å². The number of esters is 1. The summed E-state index contributed by atoms with van der Waals surface area (Å²) in [5, 5.41) is 4.98. The third-order valence-electron chi connectivity index (χ3n) is 6.76. The van der Waals surface area contributed by atoms with E-state index in [0.717, 1.165) is 6.04 Å². The zero-order valence-corrected chi connectivity index (χ0v) is 25.9. The number of methoxy groups -OCH3 is 1. The summed E-state index contributed by atoms with van der Waals surface area (Å²) in [7, 11) is 1.72. The van der Waals surface area contributed by atoms with Crippen LogP contribution in [0, 0.1) is 5.82 Å². The minimum Gasteiger partial charge on any atom is -0.493 e. The summed E-state index contributed by atoms with van der Waals surface area (Å²) in [6.07, 6.45) is 3.14. The molecule has 0 bridgehead atoms. The number of benzene rings is 2. The fourth-order valence-electron chi connectivity index (χ4n) is 4.55. The fourth-order valence-corrected chi connectivity index (χ4v) is 5.30. The van der Waals surface area contributed by atoms with Gasteiger partial charge in [0.25, 0.3) is 5.91 Å². The monoisotopic (exact) mass is 592 g/mol. The summed E-state index contributed by atoms with van der Waals surface area (Å²) in [6.45, 7) is 10.1. The Morgan fingerprint density at radius 2 is 1.88 bits per heavy atom. The number of carbonyl (C=O) groups excluding carboxylic acids is 2. The van der Waals surface area contributed by atoms with Gasteiger partial charge in [-0.05, 0) is 48.9 Å². The zero-order valence-electron chi connectivity index (χ0n) is 24.9. The van der Waals surface area contributed by atoms with Gasteiger partial charge in [0.05, 0.1) is 30.8 Å². The van der Waals surface area contributed by atoms with E-state index in [4.69, 9.17) is 14.2 Å². The first kappa shape index (κ1) is 30.9. The molecule has 0 saturated heterocycles. The summed E-state index contributed by atoms with van der Waals surface area (Å²) in [5.74, 6) is -0.683. The number of amides is 1. The van der Waals surface area contributed by atoms with E-state index < -0.39 is 14.0 Å². The molecule has 4 rings (SSSR count). The Morgan fingerprint density at radius 1 is 1.10 bits per heavy atom. The molecule has 0 saturated carbocycles. The van der Waals surface area contributed by atoms with Crippen molar-refractivity contribution in [1.29, 1.82) is 0 Å². The van der Waals surface area contributed by atoms with Crippen molar-refractivity contribution in [3.05, 3.63) is 77.5 Å². The Kier molecular flexibility index (Phi) is 9.74. The molecular formula is C31H37FN4O5Si. The SMILES string of the molecule is CCOc1cc(C(=O)N(C)Cc2cnc(C(=O)OC)c3cnn(COCC[Si](C)(C)C)c23)ccc1-c1cccc(F)c1. The molecule has 0 radical (unpaired) electrons. The number of carbonyl (C=O) groups is 2. The molecule has 0 aliphatic rings. The van der Waals surface area contributed by atoms with Crippen LogP contribution in [0.2, 0.25) is 25.7 Å². The molecule has 0 aliphatic carbocycles. The van der Waals surface area contributed by atoms with E-state index in [1.165, 1.54) is 19.2 Å². The normalized spacial score (nSPS) is 11.5. The summed E-state index contributed by atoms with van der Waals surface area (Å²) >= 11 is 0. The lowest BCUT2D eigenvalue weighted by atomic mass is 10.0. The zero-order chi connectivity index (χ0) is 30.4. The van der Waals surface area contributed by atoms with Crippen molar-refractivity contribution in [2.24, 2.45) is 0 Å². The van der Waals surface area contributed by atoms with Crippen LogP contribution in [0.1, 0.15) is 33.3 Å². The van der Waals surface area contributed by atoms with Gasteiger partial charge in [-0.15, -0.1) is 0 Å². The van der Waals surface area contributed by atoms with Crippen molar-refractivity contribution in [3.8, 4) is 16.9 Å².